The first kappa shape index (κ1) is 13.6. The molecule has 0 radical (unpaired) electrons. The van der Waals surface area contributed by atoms with Crippen molar-refractivity contribution in [2.24, 2.45) is 5.73 Å². The van der Waals surface area contributed by atoms with Crippen LogP contribution in [-0.4, -0.2) is 39.6 Å². The summed E-state index contributed by atoms with van der Waals surface area (Å²) < 4.78 is 0. The maximum Gasteiger partial charge on any atom is 0.326 e. The summed E-state index contributed by atoms with van der Waals surface area (Å²) in [6.45, 7) is 5.33. The molecule has 1 fully saturated rings. The number of nitrogens with two attached hydrogens (primary N) is 1. The van der Waals surface area contributed by atoms with Crippen molar-refractivity contribution in [2.75, 3.05) is 17.2 Å². The molecule has 0 aliphatic carbocycles. The van der Waals surface area contributed by atoms with Crippen LogP contribution in [0, 0.1) is 0 Å². The van der Waals surface area contributed by atoms with E-state index in [2.05, 4.69) is 23.7 Å². The zero-order valence-corrected chi connectivity index (χ0v) is 12.0. The van der Waals surface area contributed by atoms with Crippen LogP contribution in [0.1, 0.15) is 25.6 Å². The highest BCUT2D eigenvalue weighted by atomic mass is 32.2. The fourth-order valence-corrected chi connectivity index (χ4v) is 3.96. The van der Waals surface area contributed by atoms with Crippen LogP contribution in [0.5, 0.6) is 0 Å². The smallest absolute Gasteiger partial charge is 0.326 e. The number of hydrogen-bond acceptors (Lipinski definition) is 6. The predicted molar refractivity (Wildman–Crippen MR) is 75.4 cm³/mol. The van der Waals surface area contributed by atoms with E-state index in [1.807, 2.05) is 11.8 Å². The molecule has 7 heteroatoms. The van der Waals surface area contributed by atoms with Crippen LogP contribution in [0.2, 0.25) is 0 Å². The molecular weight excluding hydrogens is 270 g/mol. The number of hydrogen-bond donors (Lipinski definition) is 2. The Morgan fingerprint density at radius 2 is 2.39 bits per heavy atom. The number of thioether (sulfide) groups is 1. The predicted octanol–water partition coefficient (Wildman–Crippen LogP) is 1.56. The first-order valence-corrected chi connectivity index (χ1v) is 7.75. The van der Waals surface area contributed by atoms with Gasteiger partial charge in [0.25, 0.3) is 0 Å². The highest BCUT2D eigenvalue weighted by Crippen LogP contribution is 2.31. The molecule has 0 aromatic carbocycles. The number of carboxylic acid groups (broad SMARTS) is 1. The molecule has 3 atom stereocenters. The van der Waals surface area contributed by atoms with Gasteiger partial charge in [-0.1, -0.05) is 6.92 Å². The molecule has 3 N–H and O–H groups in total. The van der Waals surface area contributed by atoms with E-state index in [1.165, 1.54) is 11.3 Å². The zero-order chi connectivity index (χ0) is 13.3. The summed E-state index contributed by atoms with van der Waals surface area (Å²) in [5, 5.41) is 12.0. The lowest BCUT2D eigenvalue weighted by molar-refractivity contribution is -0.138. The van der Waals surface area contributed by atoms with Crippen molar-refractivity contribution in [1.82, 2.24) is 4.98 Å². The minimum absolute atomic E-state index is 0.406. The van der Waals surface area contributed by atoms with E-state index in [-0.39, 0.29) is 0 Å². The number of thiazole rings is 1. The van der Waals surface area contributed by atoms with E-state index in [0.29, 0.717) is 17.0 Å². The molecule has 1 aliphatic heterocycles. The number of nitrogens with zero attached hydrogens (tertiary/aromatic N) is 2. The fraction of sp³-hybridized carbons (Fsp3) is 0.636. The van der Waals surface area contributed by atoms with E-state index in [9.17, 15) is 4.79 Å². The van der Waals surface area contributed by atoms with Gasteiger partial charge in [-0.3, -0.25) is 4.79 Å². The van der Waals surface area contributed by atoms with Crippen molar-refractivity contribution in [3.05, 3.63) is 11.1 Å². The van der Waals surface area contributed by atoms with E-state index in [4.69, 9.17) is 10.8 Å². The monoisotopic (exact) mass is 287 g/mol. The van der Waals surface area contributed by atoms with Crippen molar-refractivity contribution in [3.8, 4) is 0 Å². The Bertz CT molecular complexity index is 438. The minimum atomic E-state index is -1.04. The van der Waals surface area contributed by atoms with Crippen LogP contribution in [-0.2, 0) is 4.79 Å². The molecule has 0 bridgehead atoms. The number of carboxylic acids is 1. The Balaban J connectivity index is 2.16. The Kier molecular flexibility index (Phi) is 4.14. The van der Waals surface area contributed by atoms with Crippen LogP contribution in [0.3, 0.4) is 0 Å². The van der Waals surface area contributed by atoms with Gasteiger partial charge in [-0.2, -0.15) is 11.8 Å². The van der Waals surface area contributed by atoms with Crippen LogP contribution in [0.15, 0.2) is 5.38 Å². The summed E-state index contributed by atoms with van der Waals surface area (Å²) in [7, 11) is 0. The molecule has 5 nitrogen and oxygen atoms in total. The molecule has 0 amide bonds. The van der Waals surface area contributed by atoms with Gasteiger partial charge in [-0.25, -0.2) is 4.98 Å². The van der Waals surface area contributed by atoms with Crippen LogP contribution >= 0.6 is 23.1 Å². The molecule has 2 rings (SSSR count). The largest absolute Gasteiger partial charge is 0.480 e. The Morgan fingerprint density at radius 1 is 1.67 bits per heavy atom. The molecule has 1 aliphatic rings. The van der Waals surface area contributed by atoms with Crippen LogP contribution < -0.4 is 10.6 Å². The van der Waals surface area contributed by atoms with Gasteiger partial charge in [0.1, 0.15) is 6.04 Å². The van der Waals surface area contributed by atoms with Crippen LogP contribution in [0.25, 0.3) is 0 Å². The van der Waals surface area contributed by atoms with Gasteiger partial charge in [0.2, 0.25) is 0 Å². The number of anilines is 1. The first-order valence-electron chi connectivity index (χ1n) is 5.82. The van der Waals surface area contributed by atoms with Gasteiger partial charge >= 0.3 is 5.97 Å². The normalized spacial score (nSPS) is 26.1. The second-order valence-corrected chi connectivity index (χ2v) is 6.70. The van der Waals surface area contributed by atoms with Gasteiger partial charge < -0.3 is 15.7 Å². The van der Waals surface area contributed by atoms with Crippen molar-refractivity contribution in [1.29, 1.82) is 0 Å². The summed E-state index contributed by atoms with van der Waals surface area (Å²) >= 11 is 3.43. The zero-order valence-electron chi connectivity index (χ0n) is 10.4. The molecule has 3 unspecified atom stereocenters. The van der Waals surface area contributed by atoms with E-state index >= 15 is 0 Å². The first-order chi connectivity index (χ1) is 8.50. The molecule has 0 spiro atoms. The van der Waals surface area contributed by atoms with Gasteiger partial charge in [-0.05, 0) is 6.92 Å². The number of aromatic nitrogens is 1. The summed E-state index contributed by atoms with van der Waals surface area (Å²) in [5.41, 5.74) is 6.01. The van der Waals surface area contributed by atoms with Crippen molar-refractivity contribution in [3.63, 3.8) is 0 Å². The lowest BCUT2D eigenvalue weighted by atomic mass is 10.2. The SMILES string of the molecule is CC1SCCN(c2nc(C(N)C(=O)O)cs2)C1C. The topological polar surface area (TPSA) is 79.5 Å². The molecule has 1 aromatic rings. The summed E-state index contributed by atoms with van der Waals surface area (Å²) in [5.74, 6) is 0.0354. The molecule has 2 heterocycles. The van der Waals surface area contributed by atoms with E-state index < -0.39 is 12.0 Å². The molecule has 1 saturated heterocycles. The quantitative estimate of drug-likeness (QED) is 0.878. The third-order valence-corrected chi connectivity index (χ3v) is 5.46. The molecule has 100 valence electrons. The highest BCUT2D eigenvalue weighted by molar-refractivity contribution is 8.00. The average Bonchev–Trinajstić information content (AvgIpc) is 2.80. The van der Waals surface area contributed by atoms with Crippen molar-refractivity contribution < 1.29 is 9.90 Å². The van der Waals surface area contributed by atoms with E-state index in [1.54, 1.807) is 5.38 Å². The van der Waals surface area contributed by atoms with Crippen molar-refractivity contribution >= 4 is 34.2 Å². The number of rotatable bonds is 3. The second kappa shape index (κ2) is 5.46. The highest BCUT2D eigenvalue weighted by Gasteiger charge is 2.28. The Labute approximate surface area is 114 Å². The van der Waals surface area contributed by atoms with Gasteiger partial charge in [0, 0.05) is 29.0 Å². The van der Waals surface area contributed by atoms with Gasteiger partial charge in [0.15, 0.2) is 5.13 Å². The fourth-order valence-electron chi connectivity index (χ4n) is 1.88. The molecule has 18 heavy (non-hydrogen) atoms. The molecule has 1 aromatic heterocycles. The Morgan fingerprint density at radius 3 is 3.06 bits per heavy atom. The van der Waals surface area contributed by atoms with E-state index in [0.717, 1.165) is 17.4 Å². The Hall–Kier alpha value is -0.790. The third kappa shape index (κ3) is 2.62. The van der Waals surface area contributed by atoms with Gasteiger partial charge in [-0.15, -0.1) is 11.3 Å². The van der Waals surface area contributed by atoms with Gasteiger partial charge in [0.05, 0.1) is 5.69 Å². The third-order valence-electron chi connectivity index (χ3n) is 3.22. The lowest BCUT2D eigenvalue weighted by Gasteiger charge is -2.37. The molecular formula is C11H17N3O2S2. The number of aliphatic carboxylic acids is 1. The summed E-state index contributed by atoms with van der Waals surface area (Å²) in [6, 6.07) is -0.620. The minimum Gasteiger partial charge on any atom is -0.480 e. The summed E-state index contributed by atoms with van der Waals surface area (Å²) in [6.07, 6.45) is 0. The van der Waals surface area contributed by atoms with Crippen LogP contribution in [0.4, 0.5) is 5.13 Å². The number of carbonyl (C=O) groups is 1. The maximum absolute atomic E-state index is 10.8. The average molecular weight is 287 g/mol. The summed E-state index contributed by atoms with van der Waals surface area (Å²) in [4.78, 5) is 17.4. The standard InChI is InChI=1S/C11H17N3O2S2/c1-6-7(2)17-4-3-14(6)11-13-8(5-18-11)9(12)10(15)16/h5-7,9H,3-4,12H2,1-2H3,(H,15,16). The second-order valence-electron chi connectivity index (χ2n) is 4.38. The molecule has 0 saturated carbocycles. The lowest BCUT2D eigenvalue weighted by Crippen LogP contribution is -2.44. The van der Waals surface area contributed by atoms with Crippen molar-refractivity contribution in [2.45, 2.75) is 31.2 Å². The maximum atomic E-state index is 10.8.